The molecule has 0 aromatic heterocycles. The highest BCUT2D eigenvalue weighted by molar-refractivity contribution is 5.88. The van der Waals surface area contributed by atoms with Crippen molar-refractivity contribution in [1.29, 1.82) is 0 Å². The number of methoxy groups -OCH3 is 1. The Kier molecular flexibility index (Phi) is 7.31. The van der Waals surface area contributed by atoms with Gasteiger partial charge in [0.1, 0.15) is 12.6 Å². The first-order valence-electron chi connectivity index (χ1n) is 7.80. The molecule has 0 bridgehead atoms. The van der Waals surface area contributed by atoms with Gasteiger partial charge in [0.25, 0.3) is 0 Å². The molecule has 1 fully saturated rings. The second-order valence-electron chi connectivity index (χ2n) is 6.32. The van der Waals surface area contributed by atoms with E-state index in [1.54, 1.807) is 13.8 Å². The van der Waals surface area contributed by atoms with E-state index in [1.165, 1.54) is 7.11 Å². The Morgan fingerprint density at radius 3 is 2.17 bits per heavy atom. The second kappa shape index (κ2) is 8.52. The van der Waals surface area contributed by atoms with Gasteiger partial charge in [0.15, 0.2) is 0 Å². The third kappa shape index (κ3) is 6.37. The van der Waals surface area contributed by atoms with Crippen molar-refractivity contribution in [2.24, 2.45) is 11.8 Å². The van der Waals surface area contributed by atoms with E-state index in [-0.39, 0.29) is 37.3 Å². The summed E-state index contributed by atoms with van der Waals surface area (Å²) in [4.78, 5) is 23.8. The molecule has 8 heteroatoms. The second-order valence-corrected chi connectivity index (χ2v) is 6.32. The van der Waals surface area contributed by atoms with Crippen molar-refractivity contribution in [2.45, 2.75) is 57.8 Å². The summed E-state index contributed by atoms with van der Waals surface area (Å²) < 4.78 is 42.6. The van der Waals surface area contributed by atoms with E-state index in [4.69, 9.17) is 4.74 Å². The fourth-order valence-electron chi connectivity index (χ4n) is 2.74. The van der Waals surface area contributed by atoms with E-state index in [0.717, 1.165) is 0 Å². The standard InChI is InChI=1S/C15H25F3N2O3/c1-9(2)13(20-12(21)8-23-3)14(22)19-11-6-4-10(5-7-11)15(16,17)18/h9-11,13H,4-8H2,1-3H3,(H,19,22)(H,20,21)/t10?,11?,13-/m0/s1. The number of hydrogen-bond acceptors (Lipinski definition) is 3. The van der Waals surface area contributed by atoms with Crippen molar-refractivity contribution in [3.05, 3.63) is 0 Å². The van der Waals surface area contributed by atoms with Gasteiger partial charge in [0.05, 0.1) is 5.92 Å². The third-order valence-corrected chi connectivity index (χ3v) is 4.08. The molecule has 1 rings (SSSR count). The Bertz CT molecular complexity index is 405. The highest BCUT2D eigenvalue weighted by Gasteiger charge is 2.41. The number of rotatable bonds is 6. The van der Waals surface area contributed by atoms with Gasteiger partial charge < -0.3 is 15.4 Å². The molecule has 0 radical (unpaired) electrons. The summed E-state index contributed by atoms with van der Waals surface area (Å²) in [6.45, 7) is 3.43. The van der Waals surface area contributed by atoms with Gasteiger partial charge in [-0.15, -0.1) is 0 Å². The fraction of sp³-hybridized carbons (Fsp3) is 0.867. The average Bonchev–Trinajstić information content (AvgIpc) is 2.44. The van der Waals surface area contributed by atoms with Crippen LogP contribution < -0.4 is 10.6 Å². The minimum Gasteiger partial charge on any atom is -0.375 e. The number of hydrogen-bond donors (Lipinski definition) is 2. The molecule has 1 atom stereocenters. The number of alkyl halides is 3. The molecule has 1 saturated carbocycles. The summed E-state index contributed by atoms with van der Waals surface area (Å²) in [6, 6.07) is -1.00. The molecule has 0 unspecified atom stereocenters. The molecule has 23 heavy (non-hydrogen) atoms. The predicted molar refractivity (Wildman–Crippen MR) is 78.6 cm³/mol. The lowest BCUT2D eigenvalue weighted by Gasteiger charge is -2.32. The van der Waals surface area contributed by atoms with Crippen LogP contribution in [0.15, 0.2) is 0 Å². The monoisotopic (exact) mass is 338 g/mol. The molecular formula is C15H25F3N2O3. The lowest BCUT2D eigenvalue weighted by atomic mass is 9.85. The molecule has 0 aliphatic heterocycles. The molecule has 0 saturated heterocycles. The SMILES string of the molecule is COCC(=O)N[C@H](C(=O)NC1CCC(C(F)(F)F)CC1)C(C)C. The summed E-state index contributed by atoms with van der Waals surface area (Å²) >= 11 is 0. The molecule has 5 nitrogen and oxygen atoms in total. The van der Waals surface area contributed by atoms with E-state index < -0.39 is 24.0 Å². The van der Waals surface area contributed by atoms with Gasteiger partial charge in [-0.3, -0.25) is 9.59 Å². The minimum absolute atomic E-state index is 0.0246. The Balaban J connectivity index is 2.52. The van der Waals surface area contributed by atoms with Gasteiger partial charge in [-0.1, -0.05) is 13.8 Å². The topological polar surface area (TPSA) is 67.4 Å². The van der Waals surface area contributed by atoms with Crippen LogP contribution in [0.25, 0.3) is 0 Å². The number of nitrogens with one attached hydrogen (secondary N) is 2. The highest BCUT2D eigenvalue weighted by atomic mass is 19.4. The lowest BCUT2D eigenvalue weighted by molar-refractivity contribution is -0.182. The lowest BCUT2D eigenvalue weighted by Crippen LogP contribution is -2.53. The molecule has 0 aromatic rings. The normalized spacial score (nSPS) is 23.4. The van der Waals surface area contributed by atoms with Crippen molar-refractivity contribution in [1.82, 2.24) is 10.6 Å². The molecule has 0 aromatic carbocycles. The number of amides is 2. The summed E-state index contributed by atoms with van der Waals surface area (Å²) in [5, 5.41) is 5.34. The van der Waals surface area contributed by atoms with Gasteiger partial charge in [0, 0.05) is 13.2 Å². The van der Waals surface area contributed by atoms with E-state index >= 15 is 0 Å². The number of ether oxygens (including phenoxy) is 1. The summed E-state index contributed by atoms with van der Waals surface area (Å²) in [7, 11) is 1.38. The van der Waals surface area contributed by atoms with Crippen molar-refractivity contribution in [3.63, 3.8) is 0 Å². The highest BCUT2D eigenvalue weighted by Crippen LogP contribution is 2.37. The number of halogens is 3. The molecular weight excluding hydrogens is 313 g/mol. The maximum atomic E-state index is 12.6. The Labute approximate surface area is 134 Å². The van der Waals surface area contributed by atoms with Crippen molar-refractivity contribution in [3.8, 4) is 0 Å². The van der Waals surface area contributed by atoms with Crippen LogP contribution in [0.3, 0.4) is 0 Å². The first-order chi connectivity index (χ1) is 10.6. The molecule has 134 valence electrons. The molecule has 0 heterocycles. The predicted octanol–water partition coefficient (Wildman–Crippen LogP) is 2.01. The van der Waals surface area contributed by atoms with E-state index in [2.05, 4.69) is 10.6 Å². The maximum Gasteiger partial charge on any atom is 0.391 e. The molecule has 2 N–H and O–H groups in total. The van der Waals surface area contributed by atoms with E-state index in [0.29, 0.717) is 12.8 Å². The smallest absolute Gasteiger partial charge is 0.375 e. The van der Waals surface area contributed by atoms with Crippen molar-refractivity contribution < 1.29 is 27.5 Å². The minimum atomic E-state index is -4.16. The van der Waals surface area contributed by atoms with Crippen LogP contribution in [-0.2, 0) is 14.3 Å². The number of carbonyl (C=O) groups excluding carboxylic acids is 2. The first kappa shape index (κ1) is 19.7. The molecule has 2 amide bonds. The Hall–Kier alpha value is -1.31. The molecule has 1 aliphatic rings. The molecule has 1 aliphatic carbocycles. The zero-order valence-electron chi connectivity index (χ0n) is 13.7. The summed E-state index contributed by atoms with van der Waals surface area (Å²) in [5.41, 5.74) is 0. The zero-order chi connectivity index (χ0) is 17.6. The van der Waals surface area contributed by atoms with Gasteiger partial charge >= 0.3 is 6.18 Å². The van der Waals surface area contributed by atoms with Crippen molar-refractivity contribution in [2.75, 3.05) is 13.7 Å². The van der Waals surface area contributed by atoms with Crippen LogP contribution in [0.2, 0.25) is 0 Å². The first-order valence-corrected chi connectivity index (χ1v) is 7.80. The maximum absolute atomic E-state index is 12.6. The summed E-state index contributed by atoms with van der Waals surface area (Å²) in [5.74, 6) is -2.18. The van der Waals surface area contributed by atoms with Crippen LogP contribution in [-0.4, -0.2) is 43.8 Å². The Morgan fingerprint density at radius 2 is 1.74 bits per heavy atom. The quantitative estimate of drug-likeness (QED) is 0.778. The van der Waals surface area contributed by atoms with Crippen LogP contribution in [0.4, 0.5) is 13.2 Å². The van der Waals surface area contributed by atoms with Crippen LogP contribution in [0.1, 0.15) is 39.5 Å². The Morgan fingerprint density at radius 1 is 1.17 bits per heavy atom. The van der Waals surface area contributed by atoms with Gasteiger partial charge in [-0.05, 0) is 31.6 Å². The molecule has 0 spiro atoms. The zero-order valence-corrected chi connectivity index (χ0v) is 13.7. The van der Waals surface area contributed by atoms with Gasteiger partial charge in [-0.2, -0.15) is 13.2 Å². The van der Waals surface area contributed by atoms with Crippen LogP contribution in [0.5, 0.6) is 0 Å². The number of carbonyl (C=O) groups is 2. The van der Waals surface area contributed by atoms with E-state index in [9.17, 15) is 22.8 Å². The third-order valence-electron chi connectivity index (χ3n) is 4.08. The van der Waals surface area contributed by atoms with Gasteiger partial charge in [0.2, 0.25) is 11.8 Å². The fourth-order valence-corrected chi connectivity index (χ4v) is 2.74. The average molecular weight is 338 g/mol. The van der Waals surface area contributed by atoms with Crippen LogP contribution in [0, 0.1) is 11.8 Å². The summed E-state index contributed by atoms with van der Waals surface area (Å²) in [6.07, 6.45) is -3.52. The van der Waals surface area contributed by atoms with Crippen molar-refractivity contribution >= 4 is 11.8 Å². The van der Waals surface area contributed by atoms with Crippen LogP contribution >= 0.6 is 0 Å². The van der Waals surface area contributed by atoms with Gasteiger partial charge in [-0.25, -0.2) is 0 Å². The van der Waals surface area contributed by atoms with E-state index in [1.807, 2.05) is 0 Å². The largest absolute Gasteiger partial charge is 0.391 e.